The summed E-state index contributed by atoms with van der Waals surface area (Å²) in [6.45, 7) is 3.68. The first-order valence-electron chi connectivity index (χ1n) is 13.4. The van der Waals surface area contributed by atoms with Crippen molar-refractivity contribution in [3.8, 4) is 5.75 Å². The van der Waals surface area contributed by atoms with Crippen LogP contribution in [0.1, 0.15) is 62.4 Å². The fourth-order valence-electron chi connectivity index (χ4n) is 6.08. The van der Waals surface area contributed by atoms with E-state index in [1.165, 1.54) is 5.56 Å². The maximum absolute atomic E-state index is 13.3. The minimum atomic E-state index is -0.354. The summed E-state index contributed by atoms with van der Waals surface area (Å²) in [7, 11) is 1.93. The van der Waals surface area contributed by atoms with Gasteiger partial charge in [0.1, 0.15) is 18.7 Å². The maximum Gasteiger partial charge on any atom is 0.237 e. The van der Waals surface area contributed by atoms with E-state index in [0.29, 0.717) is 19.7 Å². The Balaban J connectivity index is 1.18. The third-order valence-electron chi connectivity index (χ3n) is 8.24. The predicted octanol–water partition coefficient (Wildman–Crippen LogP) is 2.48. The second-order valence-electron chi connectivity index (χ2n) is 10.5. The highest BCUT2D eigenvalue weighted by Crippen LogP contribution is 2.38. The van der Waals surface area contributed by atoms with E-state index in [9.17, 15) is 9.59 Å². The molecule has 0 radical (unpaired) electrons. The number of carbonyl (C=O) groups is 2. The zero-order chi connectivity index (χ0) is 25.0. The Morgan fingerprint density at radius 2 is 1.97 bits per heavy atom. The van der Waals surface area contributed by atoms with E-state index in [-0.39, 0.29) is 23.3 Å². The van der Waals surface area contributed by atoms with Gasteiger partial charge in [0.05, 0.1) is 24.5 Å². The monoisotopic (exact) mass is 494 g/mol. The number of aromatic nitrogens is 3. The van der Waals surface area contributed by atoms with Crippen LogP contribution in [0.4, 0.5) is 0 Å². The number of amides is 2. The van der Waals surface area contributed by atoms with Crippen LogP contribution in [0.2, 0.25) is 0 Å². The predicted molar refractivity (Wildman–Crippen MR) is 135 cm³/mol. The van der Waals surface area contributed by atoms with Crippen molar-refractivity contribution in [2.24, 2.45) is 12.5 Å². The number of ether oxygens (including phenoxy) is 1. The molecule has 9 nitrogen and oxygen atoms in total. The maximum atomic E-state index is 13.3. The van der Waals surface area contributed by atoms with Gasteiger partial charge in [-0.05, 0) is 69.7 Å². The Bertz CT molecular complexity index is 1060. The smallest absolute Gasteiger partial charge is 0.237 e. The molecule has 3 aliphatic rings. The number of para-hydroxylation sites is 1. The number of benzene rings is 1. The molecule has 1 aromatic heterocycles. The summed E-state index contributed by atoms with van der Waals surface area (Å²) >= 11 is 0. The van der Waals surface area contributed by atoms with Gasteiger partial charge in [-0.1, -0.05) is 24.6 Å². The Morgan fingerprint density at radius 3 is 2.78 bits per heavy atom. The van der Waals surface area contributed by atoms with Crippen LogP contribution in [0.5, 0.6) is 5.75 Å². The van der Waals surface area contributed by atoms with Crippen LogP contribution < -0.4 is 10.1 Å². The summed E-state index contributed by atoms with van der Waals surface area (Å²) in [5, 5.41) is 11.4. The van der Waals surface area contributed by atoms with Crippen LogP contribution >= 0.6 is 0 Å². The van der Waals surface area contributed by atoms with E-state index < -0.39 is 0 Å². The number of nitrogens with zero attached hydrogens (tertiary/aromatic N) is 5. The molecule has 2 aromatic rings. The van der Waals surface area contributed by atoms with Gasteiger partial charge < -0.3 is 19.5 Å². The lowest BCUT2D eigenvalue weighted by molar-refractivity contribution is -0.137. The average Bonchev–Trinajstić information content (AvgIpc) is 3.54. The van der Waals surface area contributed by atoms with Gasteiger partial charge >= 0.3 is 0 Å². The fourth-order valence-corrected chi connectivity index (χ4v) is 6.08. The molecule has 2 amide bonds. The molecule has 4 heterocycles. The summed E-state index contributed by atoms with van der Waals surface area (Å²) < 4.78 is 7.87. The van der Waals surface area contributed by atoms with Crippen LogP contribution in [0.15, 0.2) is 30.6 Å². The summed E-state index contributed by atoms with van der Waals surface area (Å²) in [5.74, 6) is 2.08. The van der Waals surface area contributed by atoms with Crippen LogP contribution in [-0.4, -0.2) is 75.7 Å². The van der Waals surface area contributed by atoms with Crippen molar-refractivity contribution in [3.05, 3.63) is 42.0 Å². The summed E-state index contributed by atoms with van der Waals surface area (Å²) in [6, 6.07) is 8.22. The molecule has 1 spiro atoms. The molecule has 194 valence electrons. The highest BCUT2D eigenvalue weighted by atomic mass is 16.5. The lowest BCUT2D eigenvalue weighted by Crippen LogP contribution is -2.51. The van der Waals surface area contributed by atoms with Crippen molar-refractivity contribution in [2.45, 2.75) is 57.4 Å². The minimum Gasteiger partial charge on any atom is -0.491 e. The van der Waals surface area contributed by atoms with Crippen molar-refractivity contribution in [1.82, 2.24) is 29.9 Å². The van der Waals surface area contributed by atoms with E-state index in [1.54, 1.807) is 6.33 Å². The molecule has 1 N–H and O–H groups in total. The van der Waals surface area contributed by atoms with E-state index in [4.69, 9.17) is 4.74 Å². The molecule has 5 rings (SSSR count). The van der Waals surface area contributed by atoms with Gasteiger partial charge in [-0.25, -0.2) is 0 Å². The normalized spacial score (nSPS) is 23.3. The highest BCUT2D eigenvalue weighted by molar-refractivity contribution is 5.83. The third kappa shape index (κ3) is 5.26. The van der Waals surface area contributed by atoms with Crippen LogP contribution in [0, 0.1) is 5.41 Å². The van der Waals surface area contributed by atoms with Gasteiger partial charge in [-0.2, -0.15) is 0 Å². The molecule has 36 heavy (non-hydrogen) atoms. The van der Waals surface area contributed by atoms with Gasteiger partial charge in [0.2, 0.25) is 11.8 Å². The molecule has 0 saturated carbocycles. The zero-order valence-corrected chi connectivity index (χ0v) is 21.3. The van der Waals surface area contributed by atoms with Gasteiger partial charge in [-0.3, -0.25) is 14.5 Å². The zero-order valence-electron chi connectivity index (χ0n) is 21.3. The Hall–Kier alpha value is -2.94. The summed E-state index contributed by atoms with van der Waals surface area (Å²) in [4.78, 5) is 30.8. The van der Waals surface area contributed by atoms with E-state index in [0.717, 1.165) is 82.6 Å². The van der Waals surface area contributed by atoms with Crippen molar-refractivity contribution in [3.63, 3.8) is 0 Å². The number of fused-ring (bicyclic) bond motifs is 1. The standard InChI is InChI=1S/C27H38N6O3/c1-31-20-29-30-25(31)22-9-6-15-33(22)24(34)19-32-16-12-27(13-17-32)11-5-4-8-21-7-2-3-10-23(21)36-18-14-28-26(27)35/h2-3,7,10,20,22H,4-6,8-9,11-19H2,1H3,(H,28,35). The first kappa shape index (κ1) is 24.7. The fraction of sp³-hybridized carbons (Fsp3) is 0.630. The number of piperidine rings is 1. The minimum absolute atomic E-state index is 0.00516. The number of hydrogen-bond donors (Lipinski definition) is 1. The molecule has 1 aromatic carbocycles. The number of aryl methyl sites for hydroxylation is 2. The second-order valence-corrected chi connectivity index (χ2v) is 10.5. The van der Waals surface area contributed by atoms with Crippen LogP contribution in [0.25, 0.3) is 0 Å². The largest absolute Gasteiger partial charge is 0.491 e. The first-order valence-corrected chi connectivity index (χ1v) is 13.4. The Morgan fingerprint density at radius 1 is 1.14 bits per heavy atom. The van der Waals surface area contributed by atoms with Crippen LogP contribution in [0.3, 0.4) is 0 Å². The number of rotatable bonds is 3. The lowest BCUT2D eigenvalue weighted by Gasteiger charge is -2.41. The van der Waals surface area contributed by atoms with E-state index in [2.05, 4.69) is 32.5 Å². The van der Waals surface area contributed by atoms with Crippen molar-refractivity contribution in [1.29, 1.82) is 0 Å². The topological polar surface area (TPSA) is 92.6 Å². The lowest BCUT2D eigenvalue weighted by atomic mass is 9.73. The number of hydrogen-bond acceptors (Lipinski definition) is 6. The molecule has 1 unspecified atom stereocenters. The molecule has 2 saturated heterocycles. The first-order chi connectivity index (χ1) is 17.6. The van der Waals surface area contributed by atoms with Gasteiger partial charge in [-0.15, -0.1) is 10.2 Å². The summed E-state index contributed by atoms with van der Waals surface area (Å²) in [6.07, 6.45) is 9.09. The van der Waals surface area contributed by atoms with Crippen molar-refractivity contribution >= 4 is 11.8 Å². The van der Waals surface area contributed by atoms with E-state index in [1.807, 2.05) is 28.6 Å². The second kappa shape index (κ2) is 11.0. The van der Waals surface area contributed by atoms with Gasteiger partial charge in [0.15, 0.2) is 5.82 Å². The van der Waals surface area contributed by atoms with Crippen molar-refractivity contribution in [2.75, 3.05) is 39.3 Å². The molecular formula is C27H38N6O3. The molecule has 1 atom stereocenters. The SMILES string of the molecule is Cn1cnnc1C1CCCN1C(=O)CN1CCC2(CCCCc3ccccc3OCCNC2=O)CC1. The van der Waals surface area contributed by atoms with Gasteiger partial charge in [0, 0.05) is 13.6 Å². The molecule has 0 aliphatic carbocycles. The Labute approximate surface area is 213 Å². The number of nitrogens with one attached hydrogen (secondary N) is 1. The number of carbonyl (C=O) groups excluding carboxylic acids is 2. The molecule has 3 aliphatic heterocycles. The summed E-state index contributed by atoms with van der Waals surface area (Å²) in [5.41, 5.74) is 0.890. The van der Waals surface area contributed by atoms with Gasteiger partial charge in [0.25, 0.3) is 0 Å². The molecule has 0 bridgehead atoms. The average molecular weight is 495 g/mol. The molecule has 9 heteroatoms. The quantitative estimate of drug-likeness (QED) is 0.705. The van der Waals surface area contributed by atoms with Crippen molar-refractivity contribution < 1.29 is 14.3 Å². The van der Waals surface area contributed by atoms with E-state index >= 15 is 0 Å². The number of likely N-dealkylation sites (tertiary alicyclic amines) is 2. The van der Waals surface area contributed by atoms with Crippen LogP contribution in [-0.2, 0) is 23.1 Å². The Kier molecular flexibility index (Phi) is 7.55. The third-order valence-corrected chi connectivity index (χ3v) is 8.24. The molecule has 2 fully saturated rings. The highest BCUT2D eigenvalue weighted by Gasteiger charge is 2.42. The molecular weight excluding hydrogens is 456 g/mol.